The van der Waals surface area contributed by atoms with Crippen molar-refractivity contribution in [3.05, 3.63) is 35.1 Å². The molecule has 0 aromatic heterocycles. The number of ketones is 1. The largest absolute Gasteiger partial charge is 0.316 e. The minimum absolute atomic E-state index is 0.164. The second-order valence-electron chi connectivity index (χ2n) is 5.25. The van der Waals surface area contributed by atoms with Gasteiger partial charge in [-0.15, -0.1) is 0 Å². The number of hydrogen-bond acceptors (Lipinski definition) is 2. The van der Waals surface area contributed by atoms with E-state index in [1.807, 2.05) is 0 Å². The van der Waals surface area contributed by atoms with Crippen molar-refractivity contribution in [3.63, 3.8) is 0 Å². The van der Waals surface area contributed by atoms with Crippen molar-refractivity contribution in [1.82, 2.24) is 5.32 Å². The van der Waals surface area contributed by atoms with Crippen molar-refractivity contribution in [2.24, 2.45) is 5.41 Å². The van der Waals surface area contributed by atoms with E-state index >= 15 is 0 Å². The average molecular weight is 249 g/mol. The smallest absolute Gasteiger partial charge is 0.170 e. The molecule has 0 saturated carbocycles. The van der Waals surface area contributed by atoms with E-state index in [0.29, 0.717) is 11.1 Å². The van der Waals surface area contributed by atoms with Gasteiger partial charge in [0, 0.05) is 17.5 Å². The molecule has 2 rings (SSSR count). The molecule has 1 unspecified atom stereocenters. The molecule has 1 heterocycles. The zero-order valence-corrected chi connectivity index (χ0v) is 11.1. The molecule has 3 heteroatoms. The van der Waals surface area contributed by atoms with E-state index in [9.17, 15) is 9.18 Å². The number of nitrogens with one attached hydrogen (secondary N) is 1. The Balaban J connectivity index is 2.30. The fourth-order valence-corrected chi connectivity index (χ4v) is 2.84. The average Bonchev–Trinajstić information content (AvgIpc) is 2.82. The van der Waals surface area contributed by atoms with Crippen LogP contribution in [-0.4, -0.2) is 18.9 Å². The Hall–Kier alpha value is -1.22. The number of halogens is 1. The van der Waals surface area contributed by atoms with E-state index in [-0.39, 0.29) is 17.0 Å². The summed E-state index contributed by atoms with van der Waals surface area (Å²) in [6.45, 7) is 5.44. The topological polar surface area (TPSA) is 29.1 Å². The predicted octanol–water partition coefficient (Wildman–Crippen LogP) is 3.10. The number of rotatable bonds is 4. The van der Waals surface area contributed by atoms with E-state index in [4.69, 9.17) is 0 Å². The summed E-state index contributed by atoms with van der Waals surface area (Å²) in [6.07, 6.45) is 2.78. The molecule has 1 aromatic rings. The molecule has 2 nitrogen and oxygen atoms in total. The van der Waals surface area contributed by atoms with Crippen molar-refractivity contribution in [1.29, 1.82) is 0 Å². The van der Waals surface area contributed by atoms with Gasteiger partial charge < -0.3 is 5.32 Å². The zero-order chi connectivity index (χ0) is 13.2. The normalized spacial score (nSPS) is 23.3. The number of carbonyl (C=O) groups is 1. The molecule has 1 aromatic carbocycles. The van der Waals surface area contributed by atoms with Gasteiger partial charge in [-0.2, -0.15) is 0 Å². The Morgan fingerprint density at radius 3 is 2.83 bits per heavy atom. The third kappa shape index (κ3) is 2.32. The maximum absolute atomic E-state index is 13.3. The van der Waals surface area contributed by atoms with Gasteiger partial charge in [-0.1, -0.05) is 13.3 Å². The van der Waals surface area contributed by atoms with E-state index in [1.165, 1.54) is 6.07 Å². The van der Waals surface area contributed by atoms with Crippen LogP contribution in [0.25, 0.3) is 0 Å². The summed E-state index contributed by atoms with van der Waals surface area (Å²) in [5, 5.41) is 3.28. The molecular weight excluding hydrogens is 229 g/mol. The van der Waals surface area contributed by atoms with Gasteiger partial charge >= 0.3 is 0 Å². The Bertz CT molecular complexity index is 450. The van der Waals surface area contributed by atoms with Crippen molar-refractivity contribution < 1.29 is 9.18 Å². The first-order valence-corrected chi connectivity index (χ1v) is 6.61. The second-order valence-corrected chi connectivity index (χ2v) is 5.25. The molecule has 0 bridgehead atoms. The first-order valence-electron chi connectivity index (χ1n) is 6.61. The van der Waals surface area contributed by atoms with Crippen LogP contribution in [-0.2, 0) is 0 Å². The lowest BCUT2D eigenvalue weighted by atomic mass is 9.76. The van der Waals surface area contributed by atoms with Gasteiger partial charge in [0.1, 0.15) is 5.82 Å². The Morgan fingerprint density at radius 2 is 2.28 bits per heavy atom. The van der Waals surface area contributed by atoms with Crippen LogP contribution in [0.5, 0.6) is 0 Å². The SMILES string of the molecule is CCCC1(C(=O)c2ccc(F)c(C)c2)CCNC1. The zero-order valence-electron chi connectivity index (χ0n) is 11.1. The number of carbonyl (C=O) groups excluding carboxylic acids is 1. The van der Waals surface area contributed by atoms with E-state index in [2.05, 4.69) is 12.2 Å². The van der Waals surface area contributed by atoms with Crippen molar-refractivity contribution in [2.75, 3.05) is 13.1 Å². The van der Waals surface area contributed by atoms with Gasteiger partial charge in [-0.05, 0) is 50.1 Å². The van der Waals surface area contributed by atoms with Gasteiger partial charge in [-0.25, -0.2) is 4.39 Å². The first kappa shape index (κ1) is 13.2. The van der Waals surface area contributed by atoms with E-state index < -0.39 is 0 Å². The lowest BCUT2D eigenvalue weighted by molar-refractivity contribution is 0.0801. The Morgan fingerprint density at radius 1 is 1.50 bits per heavy atom. The van der Waals surface area contributed by atoms with Gasteiger partial charge in [0.2, 0.25) is 0 Å². The van der Waals surface area contributed by atoms with Crippen LogP contribution in [0.3, 0.4) is 0 Å². The highest BCUT2D eigenvalue weighted by Gasteiger charge is 2.40. The van der Waals surface area contributed by atoms with Crippen LogP contribution in [0.4, 0.5) is 4.39 Å². The summed E-state index contributed by atoms with van der Waals surface area (Å²) in [6, 6.07) is 4.68. The van der Waals surface area contributed by atoms with Crippen LogP contribution in [0.15, 0.2) is 18.2 Å². The molecule has 1 fully saturated rings. The molecule has 0 radical (unpaired) electrons. The van der Waals surface area contributed by atoms with Crippen molar-refractivity contribution in [2.45, 2.75) is 33.1 Å². The molecule has 1 aliphatic heterocycles. The van der Waals surface area contributed by atoms with Crippen LogP contribution < -0.4 is 5.32 Å². The maximum atomic E-state index is 13.3. The summed E-state index contributed by atoms with van der Waals surface area (Å²) in [5.74, 6) is -0.0851. The molecule has 1 aliphatic rings. The Labute approximate surface area is 108 Å². The van der Waals surface area contributed by atoms with Crippen LogP contribution in [0.2, 0.25) is 0 Å². The highest BCUT2D eigenvalue weighted by Crippen LogP contribution is 2.35. The molecule has 1 N–H and O–H groups in total. The summed E-state index contributed by atoms with van der Waals surface area (Å²) in [4.78, 5) is 12.7. The molecule has 0 amide bonds. The fourth-order valence-electron chi connectivity index (χ4n) is 2.84. The predicted molar refractivity (Wildman–Crippen MR) is 70.3 cm³/mol. The fraction of sp³-hybridized carbons (Fsp3) is 0.533. The van der Waals surface area contributed by atoms with Crippen LogP contribution in [0, 0.1) is 18.2 Å². The van der Waals surface area contributed by atoms with Gasteiger partial charge in [0.15, 0.2) is 5.78 Å². The molecular formula is C15H20FNO. The lowest BCUT2D eigenvalue weighted by Crippen LogP contribution is -2.33. The highest BCUT2D eigenvalue weighted by atomic mass is 19.1. The summed E-state index contributed by atoms with van der Waals surface area (Å²) >= 11 is 0. The number of aryl methyl sites for hydroxylation is 1. The summed E-state index contributed by atoms with van der Waals surface area (Å²) in [5.41, 5.74) is 0.906. The summed E-state index contributed by atoms with van der Waals surface area (Å²) < 4.78 is 13.3. The van der Waals surface area contributed by atoms with Crippen LogP contribution in [0.1, 0.15) is 42.1 Å². The minimum Gasteiger partial charge on any atom is -0.316 e. The molecule has 1 atom stereocenters. The molecule has 0 spiro atoms. The Kier molecular flexibility index (Phi) is 3.81. The summed E-state index contributed by atoms with van der Waals surface area (Å²) in [7, 11) is 0. The maximum Gasteiger partial charge on any atom is 0.170 e. The molecule has 0 aliphatic carbocycles. The van der Waals surface area contributed by atoms with Gasteiger partial charge in [0.05, 0.1) is 0 Å². The number of Topliss-reactive ketones (excluding diaryl/α,β-unsaturated/α-hetero) is 1. The van der Waals surface area contributed by atoms with Crippen LogP contribution >= 0.6 is 0 Å². The van der Waals surface area contributed by atoms with Gasteiger partial charge in [0.25, 0.3) is 0 Å². The third-order valence-electron chi connectivity index (χ3n) is 3.87. The lowest BCUT2D eigenvalue weighted by Gasteiger charge is -2.26. The van der Waals surface area contributed by atoms with E-state index in [0.717, 1.165) is 32.4 Å². The first-order chi connectivity index (χ1) is 8.59. The minimum atomic E-state index is -0.279. The van der Waals surface area contributed by atoms with Gasteiger partial charge in [-0.3, -0.25) is 4.79 Å². The van der Waals surface area contributed by atoms with E-state index in [1.54, 1.807) is 19.1 Å². The van der Waals surface area contributed by atoms with Crippen molar-refractivity contribution >= 4 is 5.78 Å². The van der Waals surface area contributed by atoms with Crippen molar-refractivity contribution in [3.8, 4) is 0 Å². The number of hydrogen-bond donors (Lipinski definition) is 1. The molecule has 1 saturated heterocycles. The second kappa shape index (κ2) is 5.19. The third-order valence-corrected chi connectivity index (χ3v) is 3.87. The quantitative estimate of drug-likeness (QED) is 0.831. The molecule has 98 valence electrons. The highest BCUT2D eigenvalue weighted by molar-refractivity contribution is 6.01. The number of benzene rings is 1. The molecule has 18 heavy (non-hydrogen) atoms. The standard InChI is InChI=1S/C15H20FNO/c1-3-6-15(7-8-17-10-15)14(18)12-4-5-13(16)11(2)9-12/h4-5,9,17H,3,6-8,10H2,1-2H3. The monoisotopic (exact) mass is 249 g/mol.